The number of nitrogens with zero attached hydrogens (tertiary/aromatic N) is 2. The lowest BCUT2D eigenvalue weighted by Crippen LogP contribution is -2.19. The van der Waals surface area contributed by atoms with Crippen LogP contribution in [0.4, 0.5) is 0 Å². The van der Waals surface area contributed by atoms with Crippen molar-refractivity contribution in [2.45, 2.75) is 25.3 Å². The number of aromatic nitrogens is 1. The van der Waals surface area contributed by atoms with Gasteiger partial charge < -0.3 is 9.30 Å². The van der Waals surface area contributed by atoms with E-state index in [1.807, 2.05) is 43.3 Å². The molecule has 26 heavy (non-hydrogen) atoms. The Morgan fingerprint density at radius 3 is 2.85 bits per heavy atom. The van der Waals surface area contributed by atoms with Crippen molar-refractivity contribution >= 4 is 39.2 Å². The Labute approximate surface area is 161 Å². The zero-order valence-electron chi connectivity index (χ0n) is 15.0. The van der Waals surface area contributed by atoms with E-state index in [1.165, 1.54) is 11.3 Å². The van der Waals surface area contributed by atoms with Crippen LogP contribution in [0.1, 0.15) is 24.2 Å². The molecule has 0 spiro atoms. The van der Waals surface area contributed by atoms with Crippen LogP contribution in [0, 0.1) is 0 Å². The average Bonchev–Trinajstić information content (AvgIpc) is 3.00. The zero-order chi connectivity index (χ0) is 18.4. The quantitative estimate of drug-likeness (QED) is 0.440. The van der Waals surface area contributed by atoms with E-state index >= 15 is 0 Å². The second-order valence-corrected chi connectivity index (χ2v) is 7.93. The van der Waals surface area contributed by atoms with Crippen molar-refractivity contribution in [3.63, 3.8) is 0 Å². The molecule has 1 amide bonds. The fourth-order valence-corrected chi connectivity index (χ4v) is 4.43. The van der Waals surface area contributed by atoms with Crippen LogP contribution >= 0.6 is 23.1 Å². The fraction of sp³-hybridized carbons (Fsp3) is 0.300. The molecule has 1 aromatic heterocycles. The Morgan fingerprint density at radius 2 is 2.04 bits per heavy atom. The van der Waals surface area contributed by atoms with E-state index in [0.29, 0.717) is 30.1 Å². The van der Waals surface area contributed by atoms with Crippen molar-refractivity contribution in [1.29, 1.82) is 0 Å². The van der Waals surface area contributed by atoms with Gasteiger partial charge in [0.2, 0.25) is 0 Å². The van der Waals surface area contributed by atoms with Gasteiger partial charge >= 0.3 is 0 Å². The van der Waals surface area contributed by atoms with Gasteiger partial charge in [0.05, 0.1) is 16.8 Å². The van der Waals surface area contributed by atoms with Gasteiger partial charge in [-0.15, -0.1) is 11.8 Å². The number of ether oxygens (including phenoxy) is 1. The molecule has 3 rings (SSSR count). The first kappa shape index (κ1) is 18.9. The predicted octanol–water partition coefficient (Wildman–Crippen LogP) is 4.59. The topological polar surface area (TPSA) is 43.6 Å². The maximum atomic E-state index is 12.7. The summed E-state index contributed by atoms with van der Waals surface area (Å²) >= 11 is 3.25. The van der Waals surface area contributed by atoms with Crippen molar-refractivity contribution in [1.82, 2.24) is 4.57 Å². The maximum Gasteiger partial charge on any atom is 0.279 e. The Morgan fingerprint density at radius 1 is 1.19 bits per heavy atom. The monoisotopic (exact) mass is 386 g/mol. The van der Waals surface area contributed by atoms with Gasteiger partial charge in [-0.2, -0.15) is 4.99 Å². The first-order chi connectivity index (χ1) is 12.7. The molecule has 0 aliphatic rings. The van der Waals surface area contributed by atoms with Crippen molar-refractivity contribution in [2.75, 3.05) is 19.0 Å². The molecule has 0 aliphatic heterocycles. The minimum Gasteiger partial charge on any atom is -0.380 e. The van der Waals surface area contributed by atoms with E-state index in [0.717, 1.165) is 20.9 Å². The molecule has 0 saturated heterocycles. The van der Waals surface area contributed by atoms with Crippen molar-refractivity contribution in [3.05, 3.63) is 58.9 Å². The van der Waals surface area contributed by atoms with E-state index in [4.69, 9.17) is 4.74 Å². The van der Waals surface area contributed by atoms with Crippen LogP contribution in [0.15, 0.2) is 58.4 Å². The Kier molecular flexibility index (Phi) is 6.66. The Bertz CT molecular complexity index is 960. The molecule has 0 radical (unpaired) electrons. The Balaban J connectivity index is 1.98. The van der Waals surface area contributed by atoms with Gasteiger partial charge in [0.25, 0.3) is 5.91 Å². The summed E-state index contributed by atoms with van der Waals surface area (Å²) < 4.78 is 8.68. The van der Waals surface area contributed by atoms with Crippen LogP contribution in [0.5, 0.6) is 0 Å². The summed E-state index contributed by atoms with van der Waals surface area (Å²) in [5.74, 6) is 0.767. The summed E-state index contributed by atoms with van der Waals surface area (Å²) in [4.78, 5) is 18.9. The minimum atomic E-state index is -0.208. The summed E-state index contributed by atoms with van der Waals surface area (Å²) in [5.41, 5.74) is 1.70. The number of amides is 1. The lowest BCUT2D eigenvalue weighted by molar-refractivity contribution is 0.0996. The summed E-state index contributed by atoms with van der Waals surface area (Å²) in [6.07, 6.45) is 0. The minimum absolute atomic E-state index is 0.208. The fourth-order valence-electron chi connectivity index (χ4n) is 2.66. The van der Waals surface area contributed by atoms with Crippen LogP contribution in [-0.4, -0.2) is 29.4 Å². The predicted molar refractivity (Wildman–Crippen MR) is 109 cm³/mol. The highest BCUT2D eigenvalue weighted by atomic mass is 32.2. The normalized spacial score (nSPS) is 12.0. The van der Waals surface area contributed by atoms with E-state index in [-0.39, 0.29) is 5.91 Å². The number of hydrogen-bond donors (Lipinski definition) is 0. The van der Waals surface area contributed by atoms with Gasteiger partial charge in [-0.1, -0.05) is 36.5 Å². The molecule has 2 aromatic carbocycles. The molecule has 0 N–H and O–H groups in total. The van der Waals surface area contributed by atoms with Crippen molar-refractivity contribution in [2.24, 2.45) is 4.99 Å². The molecule has 6 heteroatoms. The lowest BCUT2D eigenvalue weighted by Gasteiger charge is -2.05. The van der Waals surface area contributed by atoms with Gasteiger partial charge in [-0.3, -0.25) is 4.79 Å². The molecular formula is C20H22N2O2S2. The number of fused-ring (bicyclic) bond motifs is 1. The van der Waals surface area contributed by atoms with Crippen LogP contribution in [-0.2, 0) is 11.3 Å². The lowest BCUT2D eigenvalue weighted by atomic mass is 10.2. The highest BCUT2D eigenvalue weighted by Gasteiger charge is 2.09. The van der Waals surface area contributed by atoms with E-state index < -0.39 is 0 Å². The maximum absolute atomic E-state index is 12.7. The number of carbonyl (C=O) groups excluding carboxylic acids is 1. The first-order valence-corrected chi connectivity index (χ1v) is 10.5. The highest BCUT2D eigenvalue weighted by molar-refractivity contribution is 7.99. The third-order valence-corrected chi connectivity index (χ3v) is 5.78. The standard InChI is InChI=1S/C20H22N2O2S2/c1-3-24-13-12-22-17-10-5-6-11-18(17)26-20(22)21-19(23)15-8-7-9-16(14-15)25-4-2/h5-11,14H,3-4,12-13H2,1-2H3. The molecule has 0 saturated carbocycles. The molecule has 0 aliphatic carbocycles. The van der Waals surface area contributed by atoms with Crippen molar-refractivity contribution in [3.8, 4) is 0 Å². The molecule has 0 bridgehead atoms. The molecule has 136 valence electrons. The molecular weight excluding hydrogens is 364 g/mol. The van der Waals surface area contributed by atoms with Crippen LogP contribution < -0.4 is 4.80 Å². The summed E-state index contributed by atoms with van der Waals surface area (Å²) in [5, 5.41) is 0. The summed E-state index contributed by atoms with van der Waals surface area (Å²) in [7, 11) is 0. The third kappa shape index (κ3) is 4.44. The molecule has 0 atom stereocenters. The number of benzene rings is 2. The van der Waals surface area contributed by atoms with Crippen molar-refractivity contribution < 1.29 is 9.53 Å². The number of thioether (sulfide) groups is 1. The van der Waals surface area contributed by atoms with Crippen LogP contribution in [0.2, 0.25) is 0 Å². The Hall–Kier alpha value is -1.89. The molecule has 0 fully saturated rings. The number of para-hydroxylation sites is 1. The zero-order valence-corrected chi connectivity index (χ0v) is 16.6. The molecule has 1 heterocycles. The van der Waals surface area contributed by atoms with E-state index in [9.17, 15) is 4.79 Å². The van der Waals surface area contributed by atoms with Crippen LogP contribution in [0.25, 0.3) is 10.2 Å². The number of rotatable bonds is 7. The van der Waals surface area contributed by atoms with Crippen LogP contribution in [0.3, 0.4) is 0 Å². The highest BCUT2D eigenvalue weighted by Crippen LogP contribution is 2.20. The van der Waals surface area contributed by atoms with Gasteiger partial charge in [0.1, 0.15) is 0 Å². The van der Waals surface area contributed by atoms with Gasteiger partial charge in [0.15, 0.2) is 4.80 Å². The van der Waals surface area contributed by atoms with E-state index in [1.54, 1.807) is 11.8 Å². The number of thiazole rings is 1. The van der Waals surface area contributed by atoms with E-state index in [2.05, 4.69) is 28.6 Å². The molecule has 4 nitrogen and oxygen atoms in total. The second kappa shape index (κ2) is 9.16. The smallest absolute Gasteiger partial charge is 0.279 e. The first-order valence-electron chi connectivity index (χ1n) is 8.71. The summed E-state index contributed by atoms with van der Waals surface area (Å²) in [6.45, 7) is 6.03. The van der Waals surface area contributed by atoms with Gasteiger partial charge in [-0.05, 0) is 43.0 Å². The third-order valence-electron chi connectivity index (χ3n) is 3.84. The summed E-state index contributed by atoms with van der Waals surface area (Å²) in [6, 6.07) is 15.8. The average molecular weight is 387 g/mol. The molecule has 0 unspecified atom stereocenters. The van der Waals surface area contributed by atoms with Gasteiger partial charge in [0, 0.05) is 23.6 Å². The molecule has 3 aromatic rings. The largest absolute Gasteiger partial charge is 0.380 e. The van der Waals surface area contributed by atoms with Gasteiger partial charge in [-0.25, -0.2) is 0 Å². The SMILES string of the molecule is CCOCCn1c(=NC(=O)c2cccc(SCC)c2)sc2ccccc21. The number of hydrogen-bond acceptors (Lipinski definition) is 4. The number of carbonyl (C=O) groups is 1. The second-order valence-electron chi connectivity index (χ2n) is 5.58.